The third kappa shape index (κ3) is 7.22. The van der Waals surface area contributed by atoms with Gasteiger partial charge in [0.15, 0.2) is 0 Å². The molecule has 0 amide bonds. The summed E-state index contributed by atoms with van der Waals surface area (Å²) < 4.78 is 38.4. The zero-order valence-corrected chi connectivity index (χ0v) is 18.4. The van der Waals surface area contributed by atoms with Gasteiger partial charge in [0.05, 0.1) is 5.92 Å². The monoisotopic (exact) mass is 410 g/mol. The average molecular weight is 411 g/mol. The maximum absolute atomic E-state index is 12.8. The lowest BCUT2D eigenvalue weighted by atomic mass is 9.68. The Labute approximate surface area is 176 Å². The highest BCUT2D eigenvalue weighted by Crippen LogP contribution is 2.43. The Bertz CT molecular complexity index is 516. The number of hydrogen-bond donors (Lipinski definition) is 0. The molecule has 3 aliphatic carbocycles. The predicted octanol–water partition coefficient (Wildman–Crippen LogP) is 8.55. The van der Waals surface area contributed by atoms with Crippen molar-refractivity contribution in [2.75, 3.05) is 0 Å². The van der Waals surface area contributed by atoms with E-state index >= 15 is 0 Å². The molecule has 0 aromatic carbocycles. The summed E-state index contributed by atoms with van der Waals surface area (Å²) in [5, 5.41) is 0. The van der Waals surface area contributed by atoms with Gasteiger partial charge in [0.2, 0.25) is 0 Å². The molecule has 3 rings (SSSR count). The van der Waals surface area contributed by atoms with Crippen molar-refractivity contribution >= 4 is 0 Å². The van der Waals surface area contributed by atoms with E-state index in [9.17, 15) is 13.2 Å². The van der Waals surface area contributed by atoms with Gasteiger partial charge >= 0.3 is 6.18 Å². The van der Waals surface area contributed by atoms with E-state index in [1.807, 2.05) is 0 Å². The molecule has 3 saturated carbocycles. The third-order valence-corrected chi connectivity index (χ3v) is 8.23. The van der Waals surface area contributed by atoms with Crippen LogP contribution in [0.15, 0.2) is 0 Å². The predicted molar refractivity (Wildman–Crippen MR) is 114 cm³/mol. The topological polar surface area (TPSA) is 0 Å². The van der Waals surface area contributed by atoms with Crippen LogP contribution in [0.4, 0.5) is 13.2 Å². The Kier molecular flexibility index (Phi) is 8.82. The lowest BCUT2D eigenvalue weighted by Crippen LogP contribution is -2.27. The molecule has 166 valence electrons. The Morgan fingerprint density at radius 1 is 0.655 bits per heavy atom. The molecule has 0 bridgehead atoms. The van der Waals surface area contributed by atoms with Crippen LogP contribution >= 0.6 is 0 Å². The molecule has 29 heavy (non-hydrogen) atoms. The van der Waals surface area contributed by atoms with Gasteiger partial charge in [0, 0.05) is 11.8 Å². The maximum atomic E-state index is 12.8. The summed E-state index contributed by atoms with van der Waals surface area (Å²) in [4.78, 5) is 0. The highest BCUT2D eigenvalue weighted by Gasteiger charge is 2.41. The van der Waals surface area contributed by atoms with Crippen LogP contribution in [0, 0.1) is 47.3 Å². The molecule has 0 saturated heterocycles. The van der Waals surface area contributed by atoms with Crippen LogP contribution in [0.1, 0.15) is 110 Å². The van der Waals surface area contributed by atoms with Crippen molar-refractivity contribution in [1.29, 1.82) is 0 Å². The van der Waals surface area contributed by atoms with Crippen LogP contribution in [-0.4, -0.2) is 6.18 Å². The zero-order chi connectivity index (χ0) is 20.7. The smallest absolute Gasteiger partial charge is 0.171 e. The molecule has 3 aliphatic rings. The van der Waals surface area contributed by atoms with E-state index in [0.29, 0.717) is 18.8 Å². The van der Waals surface area contributed by atoms with Crippen molar-refractivity contribution in [2.24, 2.45) is 35.5 Å². The van der Waals surface area contributed by atoms with E-state index in [1.54, 1.807) is 0 Å². The maximum Gasteiger partial charge on any atom is 0.391 e. The minimum atomic E-state index is -4.01. The molecule has 0 spiro atoms. The lowest BCUT2D eigenvalue weighted by Gasteiger charge is -2.37. The molecule has 3 fully saturated rings. The highest BCUT2D eigenvalue weighted by atomic mass is 19.4. The molecular formula is C26H41F3. The zero-order valence-electron chi connectivity index (χ0n) is 18.4. The van der Waals surface area contributed by atoms with Gasteiger partial charge in [0.1, 0.15) is 0 Å². The summed E-state index contributed by atoms with van der Waals surface area (Å²) >= 11 is 0. The van der Waals surface area contributed by atoms with Crippen molar-refractivity contribution in [3.05, 3.63) is 0 Å². The number of halogens is 3. The highest BCUT2D eigenvalue weighted by molar-refractivity contribution is 5.09. The molecule has 0 radical (unpaired) electrons. The van der Waals surface area contributed by atoms with E-state index in [1.165, 1.54) is 77.0 Å². The fourth-order valence-corrected chi connectivity index (χ4v) is 6.17. The van der Waals surface area contributed by atoms with E-state index in [4.69, 9.17) is 0 Å². The van der Waals surface area contributed by atoms with Crippen LogP contribution in [0.3, 0.4) is 0 Å². The second kappa shape index (κ2) is 11.1. The second-order valence-corrected chi connectivity index (χ2v) is 10.3. The van der Waals surface area contributed by atoms with Crippen molar-refractivity contribution in [1.82, 2.24) is 0 Å². The van der Waals surface area contributed by atoms with Gasteiger partial charge in [-0.15, -0.1) is 0 Å². The number of unbranched alkanes of at least 4 members (excludes halogenated alkanes) is 2. The minimum Gasteiger partial charge on any atom is -0.171 e. The fourth-order valence-electron chi connectivity index (χ4n) is 6.17. The van der Waals surface area contributed by atoms with Crippen LogP contribution in [0.25, 0.3) is 0 Å². The van der Waals surface area contributed by atoms with Crippen molar-refractivity contribution in [2.45, 2.75) is 116 Å². The molecule has 0 N–H and O–H groups in total. The third-order valence-electron chi connectivity index (χ3n) is 8.23. The quantitative estimate of drug-likeness (QED) is 0.314. The van der Waals surface area contributed by atoms with E-state index in [-0.39, 0.29) is 18.8 Å². The normalized spacial score (nSPS) is 36.3. The van der Waals surface area contributed by atoms with Crippen molar-refractivity contribution in [3.63, 3.8) is 0 Å². The number of hydrogen-bond acceptors (Lipinski definition) is 0. The SMILES string of the molecule is CCCCCC1CCC(C2CCC(C#CC3CCC(C(F)(F)F)CC3)CC2)CC1. The van der Waals surface area contributed by atoms with E-state index < -0.39 is 12.1 Å². The lowest BCUT2D eigenvalue weighted by molar-refractivity contribution is -0.182. The molecule has 0 heterocycles. The number of alkyl halides is 3. The summed E-state index contributed by atoms with van der Waals surface area (Å²) in [6, 6.07) is 0. The van der Waals surface area contributed by atoms with E-state index in [2.05, 4.69) is 18.8 Å². The molecule has 0 aromatic heterocycles. The Balaban J connectivity index is 1.33. The Morgan fingerprint density at radius 3 is 1.62 bits per heavy atom. The first-order valence-electron chi connectivity index (χ1n) is 12.5. The van der Waals surface area contributed by atoms with E-state index in [0.717, 1.165) is 17.8 Å². The summed E-state index contributed by atoms with van der Waals surface area (Å²) in [6.45, 7) is 2.29. The standard InChI is InChI=1S/C26H41F3/c1-2-3-4-5-20-8-14-23(15-9-20)24-16-10-21(11-17-24)6-7-22-12-18-25(19-13-22)26(27,28)29/h20-25H,2-5,8-19H2,1H3. The minimum absolute atomic E-state index is 0.203. The van der Waals surface area contributed by atoms with Gasteiger partial charge in [-0.3, -0.25) is 0 Å². The summed E-state index contributed by atoms with van der Waals surface area (Å²) in [6.07, 6.45) is 14.3. The molecule has 0 atom stereocenters. The van der Waals surface area contributed by atoms with Crippen molar-refractivity contribution < 1.29 is 13.2 Å². The first kappa shape index (κ1) is 23.0. The van der Waals surface area contributed by atoms with Crippen LogP contribution in [0.2, 0.25) is 0 Å². The van der Waals surface area contributed by atoms with Gasteiger partial charge in [0.25, 0.3) is 0 Å². The second-order valence-electron chi connectivity index (χ2n) is 10.3. The van der Waals surface area contributed by atoms with Crippen LogP contribution in [-0.2, 0) is 0 Å². The van der Waals surface area contributed by atoms with Gasteiger partial charge in [-0.1, -0.05) is 57.3 Å². The van der Waals surface area contributed by atoms with Gasteiger partial charge < -0.3 is 0 Å². The molecule has 0 aliphatic heterocycles. The van der Waals surface area contributed by atoms with Gasteiger partial charge in [-0.25, -0.2) is 0 Å². The van der Waals surface area contributed by atoms with Crippen LogP contribution in [0.5, 0.6) is 0 Å². The largest absolute Gasteiger partial charge is 0.391 e. The summed E-state index contributed by atoms with van der Waals surface area (Å²) in [7, 11) is 0. The summed E-state index contributed by atoms with van der Waals surface area (Å²) in [5.74, 6) is 9.31. The molecular weight excluding hydrogens is 369 g/mol. The molecule has 0 unspecified atom stereocenters. The summed E-state index contributed by atoms with van der Waals surface area (Å²) in [5.41, 5.74) is 0. The fraction of sp³-hybridized carbons (Fsp3) is 0.923. The average Bonchev–Trinajstić information content (AvgIpc) is 2.73. The van der Waals surface area contributed by atoms with Gasteiger partial charge in [-0.05, 0) is 82.0 Å². The first-order valence-corrected chi connectivity index (χ1v) is 12.5. The Morgan fingerprint density at radius 2 is 1.14 bits per heavy atom. The van der Waals surface area contributed by atoms with Crippen LogP contribution < -0.4 is 0 Å². The van der Waals surface area contributed by atoms with Crippen molar-refractivity contribution in [3.8, 4) is 11.8 Å². The molecule has 0 aromatic rings. The molecule has 3 heteroatoms. The molecule has 0 nitrogen and oxygen atoms in total. The van der Waals surface area contributed by atoms with Gasteiger partial charge in [-0.2, -0.15) is 13.2 Å². The Hall–Kier alpha value is -0.650. The number of rotatable bonds is 5. The first-order chi connectivity index (χ1) is 14.0.